The number of hydrogen-bond acceptors (Lipinski definition) is 2. The van der Waals surface area contributed by atoms with E-state index in [-0.39, 0.29) is 11.4 Å². The maximum absolute atomic E-state index is 12.4. The topological polar surface area (TPSA) is 35.6 Å². The summed E-state index contributed by atoms with van der Waals surface area (Å²) in [4.78, 5) is 16.8. The van der Waals surface area contributed by atoms with E-state index in [2.05, 4.69) is 86.4 Å². The highest BCUT2D eigenvalue weighted by Crippen LogP contribution is 2.22. The minimum atomic E-state index is 0.0368. The second-order valence-electron chi connectivity index (χ2n) is 8.85. The molecule has 1 saturated heterocycles. The summed E-state index contributed by atoms with van der Waals surface area (Å²) in [7, 11) is 0. The fourth-order valence-electron chi connectivity index (χ4n) is 3.47. The van der Waals surface area contributed by atoms with Gasteiger partial charge in [0, 0.05) is 39.3 Å². The Balaban J connectivity index is 1.43. The second-order valence-corrected chi connectivity index (χ2v) is 8.85. The van der Waals surface area contributed by atoms with Crippen molar-refractivity contribution in [2.75, 3.05) is 26.2 Å². The third kappa shape index (κ3) is 5.59. The molecule has 0 radical (unpaired) electrons. The lowest BCUT2D eigenvalue weighted by Gasteiger charge is -2.34. The molecule has 0 aliphatic carbocycles. The van der Waals surface area contributed by atoms with Gasteiger partial charge in [0.05, 0.1) is 0 Å². The number of rotatable bonds is 4. The molecule has 0 saturated carbocycles. The van der Waals surface area contributed by atoms with Crippen LogP contribution in [0.5, 0.6) is 0 Å². The molecule has 1 N–H and O–H groups in total. The number of urea groups is 1. The smallest absolute Gasteiger partial charge is 0.317 e. The van der Waals surface area contributed by atoms with Crippen molar-refractivity contribution < 1.29 is 4.79 Å². The van der Waals surface area contributed by atoms with Crippen LogP contribution in [0.1, 0.15) is 43.0 Å². The van der Waals surface area contributed by atoms with Crippen LogP contribution in [0.3, 0.4) is 0 Å². The molecule has 0 bridgehead atoms. The number of amides is 2. The molecule has 4 heteroatoms. The van der Waals surface area contributed by atoms with Crippen LogP contribution >= 0.6 is 0 Å². The van der Waals surface area contributed by atoms with Gasteiger partial charge in [-0.15, -0.1) is 0 Å². The molecule has 28 heavy (non-hydrogen) atoms. The Hall–Kier alpha value is -2.33. The highest BCUT2D eigenvalue weighted by atomic mass is 16.2. The van der Waals surface area contributed by atoms with Gasteiger partial charge in [0.1, 0.15) is 0 Å². The van der Waals surface area contributed by atoms with Crippen molar-refractivity contribution in [3.05, 3.63) is 70.8 Å². The van der Waals surface area contributed by atoms with Crippen molar-refractivity contribution in [3.63, 3.8) is 0 Å². The average Bonchev–Trinajstić information content (AvgIpc) is 2.67. The van der Waals surface area contributed by atoms with Crippen LogP contribution in [0.25, 0.3) is 0 Å². The maximum atomic E-state index is 12.4. The highest BCUT2D eigenvalue weighted by molar-refractivity contribution is 5.74. The van der Waals surface area contributed by atoms with Crippen LogP contribution in [0.4, 0.5) is 4.79 Å². The summed E-state index contributed by atoms with van der Waals surface area (Å²) in [6, 6.07) is 17.3. The van der Waals surface area contributed by atoms with Gasteiger partial charge in [-0.05, 0) is 29.0 Å². The minimum absolute atomic E-state index is 0.0368. The molecule has 1 aliphatic rings. The first-order valence-electron chi connectivity index (χ1n) is 10.2. The molecule has 2 aromatic carbocycles. The molecule has 1 fully saturated rings. The van der Waals surface area contributed by atoms with Gasteiger partial charge in [0.2, 0.25) is 0 Å². The van der Waals surface area contributed by atoms with Crippen LogP contribution in [0.15, 0.2) is 48.5 Å². The van der Waals surface area contributed by atoms with Crippen LogP contribution < -0.4 is 5.32 Å². The van der Waals surface area contributed by atoms with E-state index >= 15 is 0 Å². The second kappa shape index (κ2) is 8.78. The number of nitrogens with zero attached hydrogens (tertiary/aromatic N) is 2. The number of aryl methyl sites for hydroxylation is 1. The molecule has 150 valence electrons. The Kier molecular flexibility index (Phi) is 6.40. The summed E-state index contributed by atoms with van der Waals surface area (Å²) in [5.74, 6) is 0. The Bertz CT molecular complexity index is 767. The predicted molar refractivity (Wildman–Crippen MR) is 115 cm³/mol. The number of benzene rings is 2. The lowest BCUT2D eigenvalue weighted by atomic mass is 9.87. The monoisotopic (exact) mass is 379 g/mol. The van der Waals surface area contributed by atoms with E-state index in [1.807, 2.05) is 4.90 Å². The first-order valence-corrected chi connectivity index (χ1v) is 10.2. The first-order chi connectivity index (χ1) is 13.3. The normalized spacial score (nSPS) is 15.5. The van der Waals surface area contributed by atoms with Crippen molar-refractivity contribution in [3.8, 4) is 0 Å². The standard InChI is InChI=1S/C24H33N3O/c1-19-5-7-20(8-6-19)17-25-23(28)27-15-13-26(14-16-27)18-21-9-11-22(12-10-21)24(2,3)4/h5-12H,13-18H2,1-4H3,(H,25,28). The van der Waals surface area contributed by atoms with Gasteiger partial charge in [0.15, 0.2) is 0 Å². The molecule has 0 atom stereocenters. The first kappa shape index (κ1) is 20.4. The molecule has 1 heterocycles. The zero-order chi connectivity index (χ0) is 20.1. The third-order valence-electron chi connectivity index (χ3n) is 5.45. The molecule has 2 amide bonds. The van der Waals surface area contributed by atoms with Gasteiger partial charge in [-0.1, -0.05) is 74.9 Å². The Morgan fingerprint density at radius 2 is 1.46 bits per heavy atom. The fourth-order valence-corrected chi connectivity index (χ4v) is 3.47. The molecular weight excluding hydrogens is 346 g/mol. The van der Waals surface area contributed by atoms with E-state index < -0.39 is 0 Å². The van der Waals surface area contributed by atoms with Gasteiger partial charge in [-0.2, -0.15) is 0 Å². The van der Waals surface area contributed by atoms with E-state index in [1.165, 1.54) is 16.7 Å². The van der Waals surface area contributed by atoms with E-state index in [9.17, 15) is 4.79 Å². The molecular formula is C24H33N3O. The zero-order valence-corrected chi connectivity index (χ0v) is 17.7. The summed E-state index contributed by atoms with van der Waals surface area (Å²) in [6.45, 7) is 13.7. The van der Waals surface area contributed by atoms with E-state index in [4.69, 9.17) is 0 Å². The number of carbonyl (C=O) groups excluding carboxylic acids is 1. The maximum Gasteiger partial charge on any atom is 0.317 e. The average molecular weight is 380 g/mol. The van der Waals surface area contributed by atoms with Crippen LogP contribution in [0.2, 0.25) is 0 Å². The SMILES string of the molecule is Cc1ccc(CNC(=O)N2CCN(Cc3ccc(C(C)(C)C)cc3)CC2)cc1. The summed E-state index contributed by atoms with van der Waals surface area (Å²) >= 11 is 0. The van der Waals surface area contributed by atoms with Crippen LogP contribution in [-0.4, -0.2) is 42.0 Å². The molecule has 3 rings (SSSR count). The quantitative estimate of drug-likeness (QED) is 0.859. The molecule has 1 aliphatic heterocycles. The van der Waals surface area contributed by atoms with Crippen molar-refractivity contribution in [2.45, 2.75) is 46.2 Å². The fraction of sp³-hybridized carbons (Fsp3) is 0.458. The van der Waals surface area contributed by atoms with Crippen molar-refractivity contribution >= 4 is 6.03 Å². The number of hydrogen-bond donors (Lipinski definition) is 1. The summed E-state index contributed by atoms with van der Waals surface area (Å²) in [6.07, 6.45) is 0. The number of piperazine rings is 1. The number of carbonyl (C=O) groups is 1. The van der Waals surface area contributed by atoms with Crippen LogP contribution in [-0.2, 0) is 18.5 Å². The summed E-state index contributed by atoms with van der Waals surface area (Å²) < 4.78 is 0. The molecule has 4 nitrogen and oxygen atoms in total. The van der Waals surface area contributed by atoms with Gasteiger partial charge in [0.25, 0.3) is 0 Å². The summed E-state index contributed by atoms with van der Waals surface area (Å²) in [5, 5.41) is 3.04. The Labute approximate surface area is 169 Å². The third-order valence-corrected chi connectivity index (χ3v) is 5.45. The number of nitrogens with one attached hydrogen (secondary N) is 1. The van der Waals surface area contributed by atoms with Crippen LogP contribution in [0, 0.1) is 6.92 Å². The van der Waals surface area contributed by atoms with E-state index in [0.717, 1.165) is 38.3 Å². The summed E-state index contributed by atoms with van der Waals surface area (Å²) in [5.41, 5.74) is 5.27. The molecule has 2 aromatic rings. The molecule has 0 spiro atoms. The largest absolute Gasteiger partial charge is 0.334 e. The van der Waals surface area contributed by atoms with Crippen molar-refractivity contribution in [2.24, 2.45) is 0 Å². The lowest BCUT2D eigenvalue weighted by molar-refractivity contribution is 0.135. The van der Waals surface area contributed by atoms with Gasteiger partial charge < -0.3 is 10.2 Å². The minimum Gasteiger partial charge on any atom is -0.334 e. The Morgan fingerprint density at radius 3 is 2.04 bits per heavy atom. The van der Waals surface area contributed by atoms with Gasteiger partial charge in [-0.3, -0.25) is 4.90 Å². The van der Waals surface area contributed by atoms with Gasteiger partial charge >= 0.3 is 6.03 Å². The zero-order valence-electron chi connectivity index (χ0n) is 17.7. The van der Waals surface area contributed by atoms with Gasteiger partial charge in [-0.25, -0.2) is 4.79 Å². The lowest BCUT2D eigenvalue weighted by Crippen LogP contribution is -2.51. The Morgan fingerprint density at radius 1 is 0.893 bits per heavy atom. The van der Waals surface area contributed by atoms with E-state index in [0.29, 0.717) is 6.54 Å². The molecule has 0 unspecified atom stereocenters. The van der Waals surface area contributed by atoms with E-state index in [1.54, 1.807) is 0 Å². The van der Waals surface area contributed by atoms with Crippen molar-refractivity contribution in [1.82, 2.24) is 15.1 Å². The molecule has 0 aromatic heterocycles. The van der Waals surface area contributed by atoms with Crippen molar-refractivity contribution in [1.29, 1.82) is 0 Å². The predicted octanol–water partition coefficient (Wildman–Crippen LogP) is 4.32. The highest BCUT2D eigenvalue weighted by Gasteiger charge is 2.21.